The van der Waals surface area contributed by atoms with Crippen LogP contribution in [0.4, 0.5) is 4.79 Å². The predicted octanol–water partition coefficient (Wildman–Crippen LogP) is 5.29. The van der Waals surface area contributed by atoms with Crippen LogP contribution in [0.2, 0.25) is 0 Å². The van der Waals surface area contributed by atoms with Gasteiger partial charge in [0.2, 0.25) is 5.91 Å². The molecule has 1 fully saturated rings. The van der Waals surface area contributed by atoms with Crippen LogP contribution in [0.1, 0.15) is 105 Å². The summed E-state index contributed by atoms with van der Waals surface area (Å²) in [6, 6.07) is 2.48. The minimum absolute atomic E-state index is 0.185. The highest BCUT2D eigenvalue weighted by Crippen LogP contribution is 2.32. The second kappa shape index (κ2) is 16.1. The minimum atomic E-state index is -1.08. The molecule has 244 valence electrons. The second-order valence-corrected chi connectivity index (χ2v) is 13.4. The van der Waals surface area contributed by atoms with Gasteiger partial charge in [0, 0.05) is 24.8 Å². The lowest BCUT2D eigenvalue weighted by Gasteiger charge is -2.24. The van der Waals surface area contributed by atoms with Crippen molar-refractivity contribution in [3.05, 3.63) is 28.3 Å². The number of oxime groups is 1. The molecule has 2 atom stereocenters. The van der Waals surface area contributed by atoms with Gasteiger partial charge in [0.15, 0.2) is 0 Å². The van der Waals surface area contributed by atoms with Crippen molar-refractivity contribution >= 4 is 40.5 Å². The van der Waals surface area contributed by atoms with E-state index in [2.05, 4.69) is 20.8 Å². The number of ether oxygens (including phenoxy) is 2. The van der Waals surface area contributed by atoms with Gasteiger partial charge >= 0.3 is 17.7 Å². The number of nitrogens with one attached hydrogen (secondary N) is 2. The van der Waals surface area contributed by atoms with Crippen molar-refractivity contribution in [2.75, 3.05) is 18.9 Å². The molecule has 1 aliphatic carbocycles. The number of nitrogens with zero attached hydrogens (tertiary/aromatic N) is 2. The Kier molecular flexibility index (Phi) is 12.9. The Morgan fingerprint density at radius 1 is 1.20 bits per heavy atom. The van der Waals surface area contributed by atoms with Crippen LogP contribution in [0.25, 0.3) is 0 Å². The van der Waals surface area contributed by atoms with Crippen LogP contribution in [0.15, 0.2) is 31.5 Å². The van der Waals surface area contributed by atoms with Crippen molar-refractivity contribution in [2.45, 2.75) is 110 Å². The predicted molar refractivity (Wildman–Crippen MR) is 169 cm³/mol. The molecule has 0 bridgehead atoms. The second-order valence-electron chi connectivity index (χ2n) is 12.4. The highest BCUT2D eigenvalue weighted by Gasteiger charge is 2.40. The van der Waals surface area contributed by atoms with Gasteiger partial charge in [0.1, 0.15) is 33.4 Å². The molecule has 12 nitrogen and oxygen atoms in total. The quantitative estimate of drug-likeness (QED) is 0.107. The monoisotopic (exact) mass is 634 g/mol. The smallest absolute Gasteiger partial charge is 0.407 e. The van der Waals surface area contributed by atoms with Gasteiger partial charge in [-0.25, -0.2) is 14.4 Å². The van der Waals surface area contributed by atoms with Crippen molar-refractivity contribution in [3.63, 3.8) is 0 Å². The maximum atomic E-state index is 13.4. The van der Waals surface area contributed by atoms with Crippen molar-refractivity contribution in [1.82, 2.24) is 10.6 Å². The third kappa shape index (κ3) is 12.0. The van der Waals surface area contributed by atoms with E-state index < -0.39 is 34.9 Å². The molecule has 1 aliphatic heterocycles. The van der Waals surface area contributed by atoms with Gasteiger partial charge < -0.3 is 29.4 Å². The minimum Gasteiger partial charge on any atom is -0.493 e. The normalized spacial score (nSPS) is 19.1. The lowest BCUT2D eigenvalue weighted by Crippen LogP contribution is -2.45. The van der Waals surface area contributed by atoms with Gasteiger partial charge in [0.25, 0.3) is 0 Å². The number of unbranched alkanes of at least 4 members (excludes halogenated alkanes) is 2. The van der Waals surface area contributed by atoms with Crippen molar-refractivity contribution in [1.29, 1.82) is 0 Å². The summed E-state index contributed by atoms with van der Waals surface area (Å²) in [6.45, 7) is 11.8. The number of aliphatic imine (C=N–C) groups is 1. The third-order valence-electron chi connectivity index (χ3n) is 6.82. The summed E-state index contributed by atoms with van der Waals surface area (Å²) in [4.78, 5) is 59.1. The van der Waals surface area contributed by atoms with E-state index in [4.69, 9.17) is 18.7 Å². The van der Waals surface area contributed by atoms with Crippen molar-refractivity contribution < 1.29 is 33.1 Å². The highest BCUT2D eigenvalue weighted by molar-refractivity contribution is 8.16. The van der Waals surface area contributed by atoms with Crippen LogP contribution in [0, 0.1) is 5.92 Å². The number of amides is 2. The molecule has 1 saturated carbocycles. The molecule has 1 unspecified atom stereocenters. The standard InChI is InChI=1S/C31H46N4O8S/c1-7-11-23(24-16-22(17-26(37)41-24)40-18-21-13-14-21)33-28(38)31(6)19-44-27(34-31)20(2)35-43-25(36)12-9-8-10-15-32-29(39)42-30(3,4)5/h16-17,21,23H,7-15,18-19H2,1-6H3,(H,32,39)(H,33,38)/b35-20+/t23-,31?/m1/s1. The Hall–Kier alpha value is -3.35. The summed E-state index contributed by atoms with van der Waals surface area (Å²) in [6.07, 6.45) is 5.32. The SMILES string of the molecule is CCC[C@@H](NC(=O)C1(C)CSC(/C(C)=N/OC(=O)CCCCCNC(=O)OC(C)(C)C)=N1)c1cc(OCC2CC2)cc(=O)o1. The van der Waals surface area contributed by atoms with Gasteiger partial charge in [-0.15, -0.1) is 11.8 Å². The largest absolute Gasteiger partial charge is 0.493 e. The zero-order valence-electron chi connectivity index (χ0n) is 26.7. The molecule has 44 heavy (non-hydrogen) atoms. The first kappa shape index (κ1) is 35.1. The summed E-state index contributed by atoms with van der Waals surface area (Å²) in [5.41, 5.74) is -1.75. The number of thioether (sulfide) groups is 1. The number of hydrogen-bond acceptors (Lipinski definition) is 11. The number of carbonyl (C=O) groups is 3. The lowest BCUT2D eigenvalue weighted by atomic mass is 10.0. The topological polar surface area (TPSA) is 158 Å². The fourth-order valence-corrected chi connectivity index (χ4v) is 5.32. The van der Waals surface area contributed by atoms with Crippen LogP contribution >= 0.6 is 11.8 Å². The van der Waals surface area contributed by atoms with Crippen molar-refractivity contribution in [3.8, 4) is 5.75 Å². The van der Waals surface area contributed by atoms with E-state index in [1.54, 1.807) is 40.7 Å². The highest BCUT2D eigenvalue weighted by atomic mass is 32.2. The van der Waals surface area contributed by atoms with Gasteiger partial charge in [-0.1, -0.05) is 24.9 Å². The number of rotatable bonds is 16. The first-order valence-corrected chi connectivity index (χ1v) is 16.3. The van der Waals surface area contributed by atoms with Crippen LogP contribution in [0.3, 0.4) is 0 Å². The maximum absolute atomic E-state index is 13.4. The molecule has 0 spiro atoms. The average molecular weight is 635 g/mol. The number of alkyl carbamates (subject to hydrolysis) is 1. The van der Waals surface area contributed by atoms with E-state index in [1.807, 2.05) is 6.92 Å². The molecule has 1 aromatic heterocycles. The summed E-state index contributed by atoms with van der Waals surface area (Å²) < 4.78 is 16.4. The number of carbonyl (C=O) groups excluding carboxylic acids is 3. The molecule has 2 heterocycles. The van der Waals surface area contributed by atoms with E-state index >= 15 is 0 Å². The summed E-state index contributed by atoms with van der Waals surface area (Å²) in [5, 5.41) is 10.1. The zero-order valence-corrected chi connectivity index (χ0v) is 27.5. The van der Waals surface area contributed by atoms with Crippen LogP contribution < -0.4 is 21.0 Å². The number of hydrogen-bond donors (Lipinski definition) is 2. The molecule has 0 saturated heterocycles. The Bertz CT molecular complexity index is 1280. The fourth-order valence-electron chi connectivity index (χ4n) is 4.19. The first-order chi connectivity index (χ1) is 20.8. The van der Waals surface area contributed by atoms with Gasteiger partial charge in [-0.2, -0.15) is 0 Å². The Morgan fingerprint density at radius 3 is 2.64 bits per heavy atom. The van der Waals surface area contributed by atoms with E-state index in [9.17, 15) is 19.2 Å². The zero-order chi connectivity index (χ0) is 32.3. The van der Waals surface area contributed by atoms with Gasteiger partial charge in [0.05, 0.1) is 18.7 Å². The Labute approximate surface area is 263 Å². The molecule has 3 rings (SSSR count). The maximum Gasteiger partial charge on any atom is 0.407 e. The molecule has 13 heteroatoms. The molecule has 1 aromatic rings. The van der Waals surface area contributed by atoms with E-state index in [-0.39, 0.29) is 12.3 Å². The molecular formula is C31H46N4O8S. The van der Waals surface area contributed by atoms with Crippen LogP contribution in [-0.2, 0) is 19.2 Å². The molecule has 0 aromatic carbocycles. The molecule has 2 N–H and O–H groups in total. The van der Waals surface area contributed by atoms with Gasteiger partial charge in [-0.3, -0.25) is 9.79 Å². The molecule has 0 radical (unpaired) electrons. The summed E-state index contributed by atoms with van der Waals surface area (Å²) in [5.74, 6) is 0.918. The summed E-state index contributed by atoms with van der Waals surface area (Å²) in [7, 11) is 0. The first-order valence-electron chi connectivity index (χ1n) is 15.3. The van der Waals surface area contributed by atoms with E-state index in [0.29, 0.717) is 66.4 Å². The van der Waals surface area contributed by atoms with Crippen molar-refractivity contribution in [2.24, 2.45) is 16.1 Å². The molecule has 2 amide bonds. The van der Waals surface area contributed by atoms with E-state index in [0.717, 1.165) is 25.7 Å². The lowest BCUT2D eigenvalue weighted by molar-refractivity contribution is -0.143. The Morgan fingerprint density at radius 2 is 1.95 bits per heavy atom. The van der Waals surface area contributed by atoms with Crippen LogP contribution in [-0.4, -0.2) is 58.8 Å². The summed E-state index contributed by atoms with van der Waals surface area (Å²) >= 11 is 1.36. The van der Waals surface area contributed by atoms with Crippen LogP contribution in [0.5, 0.6) is 5.75 Å². The van der Waals surface area contributed by atoms with E-state index in [1.165, 1.54) is 17.8 Å². The molecular weight excluding hydrogens is 588 g/mol. The Balaban J connectivity index is 1.48. The molecule has 2 aliphatic rings. The average Bonchev–Trinajstić information content (AvgIpc) is 3.69. The third-order valence-corrected chi connectivity index (χ3v) is 8.19. The van der Waals surface area contributed by atoms with Gasteiger partial charge in [-0.05, 0) is 72.6 Å². The fraction of sp³-hybridized carbons (Fsp3) is 0.677.